The van der Waals surface area contributed by atoms with Crippen molar-refractivity contribution in [2.24, 2.45) is 0 Å². The minimum atomic E-state index is 0.190. The Morgan fingerprint density at radius 1 is 1.16 bits per heavy atom. The third-order valence-corrected chi connectivity index (χ3v) is 5.08. The van der Waals surface area contributed by atoms with Crippen LogP contribution in [0.2, 0.25) is 0 Å². The Hall–Kier alpha value is -1.35. The number of anilines is 1. The molecule has 0 amide bonds. The predicted octanol–water partition coefficient (Wildman–Crippen LogP) is 4.03. The fraction of sp³-hybridized carbons (Fsp3) is 0.438. The van der Waals surface area contributed by atoms with Crippen LogP contribution < -0.4 is 10.3 Å². The Labute approximate surface area is 117 Å². The van der Waals surface area contributed by atoms with Gasteiger partial charge in [-0.2, -0.15) is 0 Å². The number of hydrogen-bond donors (Lipinski definition) is 0. The Balaban J connectivity index is 2.14. The molecule has 1 aliphatic heterocycles. The number of nitrogens with zero attached hydrogens (tertiary/aromatic N) is 1. The molecule has 3 heteroatoms. The van der Waals surface area contributed by atoms with Crippen LogP contribution in [0.3, 0.4) is 0 Å². The number of rotatable bonds is 1. The zero-order valence-electron chi connectivity index (χ0n) is 11.4. The first kappa shape index (κ1) is 12.7. The maximum absolute atomic E-state index is 12.7. The summed E-state index contributed by atoms with van der Waals surface area (Å²) in [6.07, 6.45) is 3.63. The fourth-order valence-electron chi connectivity index (χ4n) is 3.14. The Bertz CT molecular complexity index is 638. The zero-order valence-corrected chi connectivity index (χ0v) is 12.2. The summed E-state index contributed by atoms with van der Waals surface area (Å²) in [5, 5.41) is 2.90. The van der Waals surface area contributed by atoms with Crippen LogP contribution >= 0.6 is 11.3 Å². The molecule has 2 atom stereocenters. The second kappa shape index (κ2) is 4.97. The molecule has 0 saturated carbocycles. The standard InChI is InChI=1S/C16H19NOS/c1-11-6-5-7-12(2)17(11)14-10-19-15-9-4-3-8-13(15)16(14)18/h3-4,8-12H,5-7H2,1-2H3/t11-,12+. The molecule has 0 aliphatic carbocycles. The van der Waals surface area contributed by atoms with E-state index in [1.54, 1.807) is 11.3 Å². The van der Waals surface area contributed by atoms with Crippen molar-refractivity contribution in [3.05, 3.63) is 39.9 Å². The molecule has 1 aliphatic rings. The molecule has 1 aromatic heterocycles. The van der Waals surface area contributed by atoms with E-state index in [9.17, 15) is 4.79 Å². The van der Waals surface area contributed by atoms with Crippen LogP contribution in [-0.2, 0) is 0 Å². The third kappa shape index (κ3) is 2.16. The van der Waals surface area contributed by atoms with Crippen LogP contribution in [0.4, 0.5) is 5.69 Å². The third-order valence-electron chi connectivity index (χ3n) is 4.13. The van der Waals surface area contributed by atoms with Crippen LogP contribution in [0.1, 0.15) is 33.1 Å². The SMILES string of the molecule is C[C@@H]1CCC[C@H](C)N1c1csc2ccccc2c1=O. The van der Waals surface area contributed by atoms with Crippen molar-refractivity contribution in [3.63, 3.8) is 0 Å². The van der Waals surface area contributed by atoms with E-state index >= 15 is 0 Å². The minimum absolute atomic E-state index is 0.190. The highest BCUT2D eigenvalue weighted by molar-refractivity contribution is 7.16. The van der Waals surface area contributed by atoms with E-state index < -0.39 is 0 Å². The first-order chi connectivity index (χ1) is 9.18. The van der Waals surface area contributed by atoms with Gasteiger partial charge in [-0.05, 0) is 45.2 Å². The van der Waals surface area contributed by atoms with Crippen LogP contribution in [-0.4, -0.2) is 12.1 Å². The van der Waals surface area contributed by atoms with Gasteiger partial charge in [-0.3, -0.25) is 4.79 Å². The summed E-state index contributed by atoms with van der Waals surface area (Å²) in [5.74, 6) is 0. The maximum atomic E-state index is 12.7. The molecule has 1 fully saturated rings. The highest BCUT2D eigenvalue weighted by Crippen LogP contribution is 2.29. The Morgan fingerprint density at radius 3 is 2.58 bits per heavy atom. The molecular formula is C16H19NOS. The second-order valence-electron chi connectivity index (χ2n) is 5.48. The van der Waals surface area contributed by atoms with Crippen molar-refractivity contribution >= 4 is 27.1 Å². The van der Waals surface area contributed by atoms with Gasteiger partial charge in [0.2, 0.25) is 5.43 Å². The highest BCUT2D eigenvalue weighted by atomic mass is 32.1. The first-order valence-electron chi connectivity index (χ1n) is 6.97. The van der Waals surface area contributed by atoms with Gasteiger partial charge in [-0.1, -0.05) is 12.1 Å². The van der Waals surface area contributed by atoms with Gasteiger partial charge in [-0.15, -0.1) is 11.3 Å². The Morgan fingerprint density at radius 2 is 1.84 bits per heavy atom. The molecule has 1 aromatic carbocycles. The van der Waals surface area contributed by atoms with Crippen molar-refractivity contribution < 1.29 is 0 Å². The lowest BCUT2D eigenvalue weighted by Crippen LogP contribution is -2.45. The van der Waals surface area contributed by atoms with E-state index in [0.29, 0.717) is 12.1 Å². The quantitative estimate of drug-likeness (QED) is 0.782. The summed E-state index contributed by atoms with van der Waals surface area (Å²) < 4.78 is 1.08. The van der Waals surface area contributed by atoms with Gasteiger partial charge in [0.05, 0.1) is 5.69 Å². The van der Waals surface area contributed by atoms with E-state index in [0.717, 1.165) is 15.8 Å². The molecule has 2 aromatic rings. The fourth-order valence-corrected chi connectivity index (χ4v) is 4.05. The highest BCUT2D eigenvalue weighted by Gasteiger charge is 2.26. The van der Waals surface area contributed by atoms with E-state index in [2.05, 4.69) is 18.7 Å². The zero-order chi connectivity index (χ0) is 13.4. The van der Waals surface area contributed by atoms with Crippen molar-refractivity contribution in [1.82, 2.24) is 0 Å². The van der Waals surface area contributed by atoms with Gasteiger partial charge in [-0.25, -0.2) is 0 Å². The van der Waals surface area contributed by atoms with Gasteiger partial charge in [0.1, 0.15) is 0 Å². The largest absolute Gasteiger partial charge is 0.362 e. The van der Waals surface area contributed by atoms with E-state index in [1.165, 1.54) is 19.3 Å². The van der Waals surface area contributed by atoms with Crippen LogP contribution in [0.5, 0.6) is 0 Å². The number of benzene rings is 1. The van der Waals surface area contributed by atoms with E-state index in [4.69, 9.17) is 0 Å². The average molecular weight is 273 g/mol. The van der Waals surface area contributed by atoms with Gasteiger partial charge in [0, 0.05) is 27.5 Å². The molecule has 0 spiro atoms. The van der Waals surface area contributed by atoms with Crippen molar-refractivity contribution in [2.45, 2.75) is 45.2 Å². The van der Waals surface area contributed by atoms with Crippen molar-refractivity contribution in [1.29, 1.82) is 0 Å². The molecule has 0 radical (unpaired) electrons. The molecule has 100 valence electrons. The van der Waals surface area contributed by atoms with Crippen molar-refractivity contribution in [2.75, 3.05) is 4.90 Å². The molecule has 19 heavy (non-hydrogen) atoms. The summed E-state index contributed by atoms with van der Waals surface area (Å²) in [6, 6.07) is 8.83. The molecule has 0 N–H and O–H groups in total. The average Bonchev–Trinajstić information content (AvgIpc) is 2.41. The lowest BCUT2D eigenvalue weighted by molar-refractivity contribution is 0.414. The van der Waals surface area contributed by atoms with Gasteiger partial charge in [0.25, 0.3) is 0 Å². The predicted molar refractivity (Wildman–Crippen MR) is 83.3 cm³/mol. The normalized spacial score (nSPS) is 23.8. The monoisotopic (exact) mass is 273 g/mol. The molecule has 1 saturated heterocycles. The number of piperidine rings is 1. The molecule has 2 heterocycles. The lowest BCUT2D eigenvalue weighted by Gasteiger charge is -2.40. The lowest BCUT2D eigenvalue weighted by atomic mass is 9.97. The summed E-state index contributed by atoms with van der Waals surface area (Å²) in [7, 11) is 0. The van der Waals surface area contributed by atoms with E-state index in [-0.39, 0.29) is 5.43 Å². The summed E-state index contributed by atoms with van der Waals surface area (Å²) in [5.41, 5.74) is 1.08. The van der Waals surface area contributed by atoms with E-state index in [1.807, 2.05) is 29.6 Å². The summed E-state index contributed by atoms with van der Waals surface area (Å²) in [6.45, 7) is 4.46. The second-order valence-corrected chi connectivity index (χ2v) is 6.39. The number of fused-ring (bicyclic) bond motifs is 1. The molecule has 2 nitrogen and oxygen atoms in total. The summed E-state index contributed by atoms with van der Waals surface area (Å²) in [4.78, 5) is 15.0. The summed E-state index contributed by atoms with van der Waals surface area (Å²) >= 11 is 1.67. The van der Waals surface area contributed by atoms with Gasteiger partial charge >= 0.3 is 0 Å². The molecule has 0 bridgehead atoms. The first-order valence-corrected chi connectivity index (χ1v) is 7.85. The van der Waals surface area contributed by atoms with Gasteiger partial charge < -0.3 is 4.90 Å². The van der Waals surface area contributed by atoms with Crippen LogP contribution in [0.15, 0.2) is 34.4 Å². The maximum Gasteiger partial charge on any atom is 0.211 e. The topological polar surface area (TPSA) is 20.3 Å². The molecular weight excluding hydrogens is 254 g/mol. The smallest absolute Gasteiger partial charge is 0.211 e. The molecule has 3 rings (SSSR count). The Kier molecular flexibility index (Phi) is 3.31. The van der Waals surface area contributed by atoms with Crippen molar-refractivity contribution in [3.8, 4) is 0 Å². The van der Waals surface area contributed by atoms with Crippen LogP contribution in [0, 0.1) is 0 Å². The van der Waals surface area contributed by atoms with Gasteiger partial charge in [0.15, 0.2) is 0 Å². The minimum Gasteiger partial charge on any atom is -0.362 e. The van der Waals surface area contributed by atoms with Crippen LogP contribution in [0.25, 0.3) is 10.1 Å². The number of hydrogen-bond acceptors (Lipinski definition) is 3. The molecule has 0 unspecified atom stereocenters.